The summed E-state index contributed by atoms with van der Waals surface area (Å²) in [6.07, 6.45) is 0.407. The van der Waals surface area contributed by atoms with Crippen molar-refractivity contribution in [2.24, 2.45) is 5.92 Å². The second-order valence-corrected chi connectivity index (χ2v) is 5.24. The molecule has 2 heterocycles. The Balaban J connectivity index is 1.74. The van der Waals surface area contributed by atoms with Crippen molar-refractivity contribution in [2.75, 3.05) is 32.7 Å². The molecule has 8 nitrogen and oxygen atoms in total. The predicted molar refractivity (Wildman–Crippen MR) is 70.3 cm³/mol. The average molecular weight is 284 g/mol. The summed E-state index contributed by atoms with van der Waals surface area (Å²) >= 11 is 0. The highest BCUT2D eigenvalue weighted by Gasteiger charge is 2.36. The Bertz CT molecular complexity index is 414. The molecule has 0 saturated carbocycles. The first-order valence-electron chi connectivity index (χ1n) is 6.79. The third-order valence-electron chi connectivity index (χ3n) is 3.79. The number of carbonyl (C=O) groups is 3. The third kappa shape index (κ3) is 3.12. The molecule has 0 bridgehead atoms. The molecule has 4 amide bonds. The fourth-order valence-electron chi connectivity index (χ4n) is 2.42. The standard InChI is InChI=1S/C12H20N4O4/c1-8(10(17)18)2-3-13-11(19)15-4-5-16-9(7-15)6-14-12(16)20/h8-9H,2-7H2,1H3,(H,13,19)(H,14,20)(H,17,18). The van der Waals surface area contributed by atoms with Gasteiger partial charge in [0.2, 0.25) is 0 Å². The summed E-state index contributed by atoms with van der Waals surface area (Å²) in [4.78, 5) is 37.5. The molecule has 2 aliphatic rings. The van der Waals surface area contributed by atoms with Crippen molar-refractivity contribution in [1.82, 2.24) is 20.4 Å². The molecule has 0 radical (unpaired) electrons. The maximum Gasteiger partial charge on any atom is 0.317 e. The van der Waals surface area contributed by atoms with E-state index in [2.05, 4.69) is 10.6 Å². The van der Waals surface area contributed by atoms with Gasteiger partial charge in [0.1, 0.15) is 0 Å². The second-order valence-electron chi connectivity index (χ2n) is 5.24. The van der Waals surface area contributed by atoms with Crippen LogP contribution < -0.4 is 10.6 Å². The summed E-state index contributed by atoms with van der Waals surface area (Å²) in [5.41, 5.74) is 0. The summed E-state index contributed by atoms with van der Waals surface area (Å²) in [6.45, 7) is 4.08. The van der Waals surface area contributed by atoms with Crippen LogP contribution in [0.15, 0.2) is 0 Å². The van der Waals surface area contributed by atoms with Crippen LogP contribution in [0, 0.1) is 5.92 Å². The van der Waals surface area contributed by atoms with Gasteiger partial charge in [-0.05, 0) is 6.42 Å². The molecule has 2 atom stereocenters. The molecule has 0 aromatic rings. The molecular formula is C12H20N4O4. The predicted octanol–water partition coefficient (Wildman–Crippen LogP) is -0.484. The molecule has 0 aliphatic carbocycles. The number of hydrogen-bond donors (Lipinski definition) is 3. The van der Waals surface area contributed by atoms with Crippen LogP contribution in [0.4, 0.5) is 9.59 Å². The van der Waals surface area contributed by atoms with E-state index in [0.29, 0.717) is 39.1 Å². The van der Waals surface area contributed by atoms with Gasteiger partial charge in [0.25, 0.3) is 0 Å². The quantitative estimate of drug-likeness (QED) is 0.648. The zero-order valence-corrected chi connectivity index (χ0v) is 11.5. The van der Waals surface area contributed by atoms with Gasteiger partial charge in [0, 0.05) is 32.7 Å². The molecule has 2 fully saturated rings. The van der Waals surface area contributed by atoms with Crippen LogP contribution in [-0.4, -0.2) is 71.7 Å². The molecule has 0 aromatic heterocycles. The molecule has 0 spiro atoms. The van der Waals surface area contributed by atoms with E-state index in [1.165, 1.54) is 0 Å². The van der Waals surface area contributed by atoms with Crippen molar-refractivity contribution in [2.45, 2.75) is 19.4 Å². The highest BCUT2D eigenvalue weighted by atomic mass is 16.4. The summed E-state index contributed by atoms with van der Waals surface area (Å²) in [6, 6.07) is -0.216. The van der Waals surface area contributed by atoms with Crippen LogP contribution >= 0.6 is 0 Å². The summed E-state index contributed by atoms with van der Waals surface area (Å²) in [5.74, 6) is -1.33. The molecule has 2 aliphatic heterocycles. The number of amides is 4. The fourth-order valence-corrected chi connectivity index (χ4v) is 2.42. The maximum absolute atomic E-state index is 12.0. The van der Waals surface area contributed by atoms with Crippen molar-refractivity contribution in [1.29, 1.82) is 0 Å². The van der Waals surface area contributed by atoms with Gasteiger partial charge < -0.3 is 25.5 Å². The number of rotatable bonds is 4. The first-order valence-corrected chi connectivity index (χ1v) is 6.79. The molecule has 2 saturated heterocycles. The zero-order valence-electron chi connectivity index (χ0n) is 11.5. The van der Waals surface area contributed by atoms with Gasteiger partial charge in [-0.15, -0.1) is 0 Å². The van der Waals surface area contributed by atoms with Crippen molar-refractivity contribution in [3.05, 3.63) is 0 Å². The molecule has 2 unspecified atom stereocenters. The first kappa shape index (κ1) is 14.4. The van der Waals surface area contributed by atoms with Crippen LogP contribution in [0.1, 0.15) is 13.3 Å². The van der Waals surface area contributed by atoms with Gasteiger partial charge >= 0.3 is 18.0 Å². The summed E-state index contributed by atoms with van der Waals surface area (Å²) < 4.78 is 0. The Morgan fingerprint density at radius 2 is 2.25 bits per heavy atom. The van der Waals surface area contributed by atoms with Crippen LogP contribution in [0.25, 0.3) is 0 Å². The number of piperazine rings is 1. The number of nitrogens with zero attached hydrogens (tertiary/aromatic N) is 2. The normalized spacial score (nSPS) is 23.1. The Morgan fingerprint density at radius 3 is 2.95 bits per heavy atom. The molecule has 0 aromatic carbocycles. The number of fused-ring (bicyclic) bond motifs is 1. The van der Waals surface area contributed by atoms with E-state index in [4.69, 9.17) is 5.11 Å². The van der Waals surface area contributed by atoms with E-state index in [9.17, 15) is 14.4 Å². The van der Waals surface area contributed by atoms with Crippen LogP contribution in [0.3, 0.4) is 0 Å². The minimum absolute atomic E-state index is 0.0416. The lowest BCUT2D eigenvalue weighted by Crippen LogP contribution is -2.56. The Morgan fingerprint density at radius 1 is 1.50 bits per heavy atom. The van der Waals surface area contributed by atoms with E-state index < -0.39 is 11.9 Å². The lowest BCUT2D eigenvalue weighted by atomic mass is 10.1. The minimum Gasteiger partial charge on any atom is -0.481 e. The second kappa shape index (κ2) is 5.98. The molecule has 2 rings (SSSR count). The number of urea groups is 2. The Hall–Kier alpha value is -1.99. The number of carbonyl (C=O) groups excluding carboxylic acids is 2. The number of aliphatic carboxylic acids is 1. The smallest absolute Gasteiger partial charge is 0.317 e. The fraction of sp³-hybridized carbons (Fsp3) is 0.750. The van der Waals surface area contributed by atoms with Crippen LogP contribution in [0.5, 0.6) is 0 Å². The monoisotopic (exact) mass is 284 g/mol. The Kier molecular flexibility index (Phi) is 4.31. The molecule has 8 heteroatoms. The van der Waals surface area contributed by atoms with Gasteiger partial charge in [0.05, 0.1) is 12.0 Å². The highest BCUT2D eigenvalue weighted by Crippen LogP contribution is 2.14. The zero-order chi connectivity index (χ0) is 14.7. The largest absolute Gasteiger partial charge is 0.481 e. The van der Waals surface area contributed by atoms with Gasteiger partial charge in [-0.2, -0.15) is 0 Å². The van der Waals surface area contributed by atoms with E-state index in [1.807, 2.05) is 0 Å². The van der Waals surface area contributed by atoms with E-state index in [1.54, 1.807) is 16.7 Å². The lowest BCUT2D eigenvalue weighted by molar-refractivity contribution is -0.141. The highest BCUT2D eigenvalue weighted by molar-refractivity contribution is 5.78. The topological polar surface area (TPSA) is 102 Å². The van der Waals surface area contributed by atoms with Gasteiger partial charge in [-0.3, -0.25) is 4.79 Å². The number of hydrogen-bond acceptors (Lipinski definition) is 3. The SMILES string of the molecule is CC(CCNC(=O)N1CCN2C(=O)NCC2C1)C(=O)O. The lowest BCUT2D eigenvalue weighted by Gasteiger charge is -2.36. The van der Waals surface area contributed by atoms with Crippen molar-refractivity contribution in [3.63, 3.8) is 0 Å². The van der Waals surface area contributed by atoms with E-state index >= 15 is 0 Å². The number of carboxylic acids is 1. The first-order chi connectivity index (χ1) is 9.49. The molecule has 3 N–H and O–H groups in total. The Labute approximate surface area is 117 Å². The third-order valence-corrected chi connectivity index (χ3v) is 3.79. The summed E-state index contributed by atoms with van der Waals surface area (Å²) in [7, 11) is 0. The van der Waals surface area contributed by atoms with E-state index in [-0.39, 0.29) is 18.1 Å². The van der Waals surface area contributed by atoms with Crippen molar-refractivity contribution < 1.29 is 19.5 Å². The molecular weight excluding hydrogens is 264 g/mol. The maximum atomic E-state index is 12.0. The average Bonchev–Trinajstić information content (AvgIpc) is 2.79. The van der Waals surface area contributed by atoms with Crippen LogP contribution in [-0.2, 0) is 4.79 Å². The van der Waals surface area contributed by atoms with Crippen molar-refractivity contribution >= 4 is 18.0 Å². The van der Waals surface area contributed by atoms with E-state index in [0.717, 1.165) is 0 Å². The summed E-state index contributed by atoms with van der Waals surface area (Å²) in [5, 5.41) is 14.2. The van der Waals surface area contributed by atoms with Gasteiger partial charge in [-0.1, -0.05) is 6.92 Å². The number of nitrogens with one attached hydrogen (secondary N) is 2. The minimum atomic E-state index is -0.858. The van der Waals surface area contributed by atoms with Gasteiger partial charge in [-0.25, -0.2) is 9.59 Å². The number of carboxylic acid groups (broad SMARTS) is 1. The van der Waals surface area contributed by atoms with Crippen molar-refractivity contribution in [3.8, 4) is 0 Å². The van der Waals surface area contributed by atoms with Gasteiger partial charge in [0.15, 0.2) is 0 Å². The molecule has 112 valence electrons. The van der Waals surface area contributed by atoms with Crippen LogP contribution in [0.2, 0.25) is 0 Å². The molecule has 20 heavy (non-hydrogen) atoms.